The van der Waals surface area contributed by atoms with Crippen LogP contribution >= 0.6 is 11.6 Å². The summed E-state index contributed by atoms with van der Waals surface area (Å²) in [5, 5.41) is 0.411. The number of sulfonamides is 1. The Labute approximate surface area is 172 Å². The average molecular weight is 429 g/mol. The van der Waals surface area contributed by atoms with Gasteiger partial charge in [-0.2, -0.15) is 0 Å². The Morgan fingerprint density at radius 1 is 1.14 bits per heavy atom. The maximum Gasteiger partial charge on any atom is 0.253 e. The van der Waals surface area contributed by atoms with Crippen LogP contribution in [0.2, 0.25) is 5.02 Å². The van der Waals surface area contributed by atoms with E-state index in [1.165, 1.54) is 29.8 Å². The number of carbonyl (C=O) groups is 1. The number of piperidine rings is 1. The highest BCUT2D eigenvalue weighted by molar-refractivity contribution is 7.88. The van der Waals surface area contributed by atoms with Crippen molar-refractivity contribution in [1.82, 2.24) is 9.21 Å². The number of hydrogen-bond acceptors (Lipinski definition) is 4. The Morgan fingerprint density at radius 2 is 1.79 bits per heavy atom. The largest absolute Gasteiger partial charge is 0.489 e. The molecular formula is C20H29ClN2O4S. The van der Waals surface area contributed by atoms with Gasteiger partial charge in [-0.05, 0) is 43.9 Å². The molecule has 1 aliphatic carbocycles. The average Bonchev–Trinajstić information content (AvgIpc) is 2.69. The van der Waals surface area contributed by atoms with Crippen LogP contribution in [-0.2, 0) is 10.0 Å². The third-order valence-electron chi connectivity index (χ3n) is 5.79. The van der Waals surface area contributed by atoms with Gasteiger partial charge < -0.3 is 9.64 Å². The molecule has 1 amide bonds. The minimum absolute atomic E-state index is 0.0122. The standard InChI is InChI=1S/C20H29ClN2O4S/c1-22(16-6-4-3-5-7-16)20(24)15-8-9-19(18(21)14-15)27-17-10-12-23(13-11-17)28(2,25)26/h8-9,14,16-17H,3-7,10-13H2,1-2H3. The number of halogens is 1. The number of nitrogens with zero attached hydrogens (tertiary/aromatic N) is 2. The molecular weight excluding hydrogens is 400 g/mol. The monoisotopic (exact) mass is 428 g/mol. The van der Waals surface area contributed by atoms with Gasteiger partial charge in [0.15, 0.2) is 0 Å². The van der Waals surface area contributed by atoms with Crippen molar-refractivity contribution in [2.45, 2.75) is 57.1 Å². The van der Waals surface area contributed by atoms with Crippen LogP contribution in [0.5, 0.6) is 5.75 Å². The van der Waals surface area contributed by atoms with Gasteiger partial charge in [-0.1, -0.05) is 30.9 Å². The maximum atomic E-state index is 12.8. The molecule has 28 heavy (non-hydrogen) atoms. The van der Waals surface area contributed by atoms with E-state index in [0.717, 1.165) is 12.8 Å². The van der Waals surface area contributed by atoms with Crippen molar-refractivity contribution in [3.8, 4) is 5.75 Å². The van der Waals surface area contributed by atoms with E-state index in [1.54, 1.807) is 18.2 Å². The van der Waals surface area contributed by atoms with Crippen molar-refractivity contribution < 1.29 is 17.9 Å². The van der Waals surface area contributed by atoms with Crippen LogP contribution in [0.1, 0.15) is 55.3 Å². The normalized spacial score (nSPS) is 20.1. The number of carbonyl (C=O) groups excluding carboxylic acids is 1. The van der Waals surface area contributed by atoms with E-state index in [1.807, 2.05) is 11.9 Å². The first-order valence-corrected chi connectivity index (χ1v) is 12.2. The molecule has 156 valence electrons. The summed E-state index contributed by atoms with van der Waals surface area (Å²) in [5.74, 6) is 0.526. The van der Waals surface area contributed by atoms with Crippen molar-refractivity contribution in [2.75, 3.05) is 26.4 Å². The molecule has 0 atom stereocenters. The Kier molecular flexibility index (Phi) is 6.89. The smallest absolute Gasteiger partial charge is 0.253 e. The quantitative estimate of drug-likeness (QED) is 0.719. The lowest BCUT2D eigenvalue weighted by Gasteiger charge is -2.31. The second kappa shape index (κ2) is 9.01. The lowest BCUT2D eigenvalue weighted by molar-refractivity contribution is 0.0696. The maximum absolute atomic E-state index is 12.8. The lowest BCUT2D eigenvalue weighted by atomic mass is 9.94. The van der Waals surface area contributed by atoms with Gasteiger partial charge in [-0.3, -0.25) is 4.79 Å². The Morgan fingerprint density at radius 3 is 2.36 bits per heavy atom. The third kappa shape index (κ3) is 5.19. The molecule has 3 rings (SSSR count). The third-order valence-corrected chi connectivity index (χ3v) is 7.38. The molecule has 0 unspecified atom stereocenters. The first-order chi connectivity index (χ1) is 13.3. The van der Waals surface area contributed by atoms with Gasteiger partial charge in [-0.25, -0.2) is 12.7 Å². The van der Waals surface area contributed by atoms with Crippen molar-refractivity contribution >= 4 is 27.5 Å². The first kappa shape index (κ1) is 21.4. The highest BCUT2D eigenvalue weighted by atomic mass is 35.5. The van der Waals surface area contributed by atoms with Crippen molar-refractivity contribution in [1.29, 1.82) is 0 Å². The van der Waals surface area contributed by atoms with Crippen LogP contribution in [0.3, 0.4) is 0 Å². The van der Waals surface area contributed by atoms with Crippen molar-refractivity contribution in [3.63, 3.8) is 0 Å². The second-order valence-corrected chi connectivity index (χ2v) is 10.2. The SMILES string of the molecule is CN(C(=O)c1ccc(OC2CCN(S(C)(=O)=O)CC2)c(Cl)c1)C1CCCCC1. The molecule has 2 fully saturated rings. The molecule has 1 aromatic carbocycles. The molecule has 1 aromatic rings. The fraction of sp³-hybridized carbons (Fsp3) is 0.650. The fourth-order valence-electron chi connectivity index (χ4n) is 4.03. The van der Waals surface area contributed by atoms with Crippen molar-refractivity contribution in [2.24, 2.45) is 0 Å². The van der Waals surface area contributed by atoms with Crippen LogP contribution in [0, 0.1) is 0 Å². The topological polar surface area (TPSA) is 66.9 Å². The molecule has 6 nitrogen and oxygen atoms in total. The van der Waals surface area contributed by atoms with Crippen LogP contribution in [-0.4, -0.2) is 62.1 Å². The van der Waals surface area contributed by atoms with Gasteiger partial charge in [0.1, 0.15) is 11.9 Å². The molecule has 2 aliphatic rings. The van der Waals surface area contributed by atoms with E-state index >= 15 is 0 Å². The molecule has 1 aliphatic heterocycles. The highest BCUT2D eigenvalue weighted by Gasteiger charge is 2.27. The molecule has 8 heteroatoms. The minimum atomic E-state index is -3.15. The summed E-state index contributed by atoms with van der Waals surface area (Å²) in [6.07, 6.45) is 8.10. The van der Waals surface area contributed by atoms with Crippen LogP contribution in [0.25, 0.3) is 0 Å². The van der Waals surface area contributed by atoms with Gasteiger partial charge in [-0.15, -0.1) is 0 Å². The van der Waals surface area contributed by atoms with Gasteiger partial charge in [0.05, 0.1) is 11.3 Å². The predicted molar refractivity (Wildman–Crippen MR) is 110 cm³/mol. The summed E-state index contributed by atoms with van der Waals surface area (Å²) >= 11 is 6.38. The van der Waals surface area contributed by atoms with E-state index in [2.05, 4.69) is 0 Å². The number of benzene rings is 1. The number of hydrogen-bond donors (Lipinski definition) is 0. The molecule has 0 radical (unpaired) electrons. The molecule has 0 aromatic heterocycles. The zero-order chi connectivity index (χ0) is 20.3. The fourth-order valence-corrected chi connectivity index (χ4v) is 5.13. The van der Waals surface area contributed by atoms with E-state index in [-0.39, 0.29) is 12.0 Å². The Bertz CT molecular complexity index is 800. The summed E-state index contributed by atoms with van der Waals surface area (Å²) in [5.41, 5.74) is 0.567. The molecule has 1 heterocycles. The van der Waals surface area contributed by atoms with Crippen molar-refractivity contribution in [3.05, 3.63) is 28.8 Å². The summed E-state index contributed by atoms with van der Waals surface area (Å²) in [7, 11) is -1.29. The lowest BCUT2D eigenvalue weighted by Crippen LogP contribution is -2.41. The van der Waals surface area contributed by atoms with E-state index in [0.29, 0.717) is 48.3 Å². The Hall–Kier alpha value is -1.31. The summed E-state index contributed by atoms with van der Waals surface area (Å²) in [4.78, 5) is 14.6. The second-order valence-electron chi connectivity index (χ2n) is 7.83. The first-order valence-electron chi connectivity index (χ1n) is 9.94. The van der Waals surface area contributed by atoms with Crippen LogP contribution < -0.4 is 4.74 Å². The number of rotatable bonds is 5. The highest BCUT2D eigenvalue weighted by Crippen LogP contribution is 2.30. The Balaban J connectivity index is 1.60. The zero-order valence-corrected chi connectivity index (χ0v) is 18.1. The van der Waals surface area contributed by atoms with E-state index < -0.39 is 10.0 Å². The molecule has 1 saturated heterocycles. The van der Waals surface area contributed by atoms with Gasteiger partial charge >= 0.3 is 0 Å². The van der Waals surface area contributed by atoms with Gasteiger partial charge in [0.2, 0.25) is 10.0 Å². The summed E-state index contributed by atoms with van der Waals surface area (Å²) in [6, 6.07) is 5.47. The minimum Gasteiger partial charge on any atom is -0.489 e. The number of amides is 1. The van der Waals surface area contributed by atoms with Crippen LogP contribution in [0.15, 0.2) is 18.2 Å². The van der Waals surface area contributed by atoms with Gasteiger partial charge in [0.25, 0.3) is 5.91 Å². The molecule has 0 bridgehead atoms. The van der Waals surface area contributed by atoms with Crippen LogP contribution in [0.4, 0.5) is 0 Å². The molecule has 1 saturated carbocycles. The predicted octanol–water partition coefficient (Wildman–Crippen LogP) is 3.55. The molecule has 0 spiro atoms. The van der Waals surface area contributed by atoms with E-state index in [9.17, 15) is 13.2 Å². The number of ether oxygens (including phenoxy) is 1. The van der Waals surface area contributed by atoms with E-state index in [4.69, 9.17) is 16.3 Å². The summed E-state index contributed by atoms with van der Waals surface area (Å²) in [6.45, 7) is 0.897. The molecule has 0 N–H and O–H groups in total. The zero-order valence-electron chi connectivity index (χ0n) is 16.6. The van der Waals surface area contributed by atoms with Gasteiger partial charge in [0, 0.05) is 31.7 Å². The summed E-state index contributed by atoms with van der Waals surface area (Å²) < 4.78 is 30.7.